The molecular formula is C14H20N3O+. The zero-order chi connectivity index (χ0) is 13.2. The Morgan fingerprint density at radius 3 is 2.44 bits per heavy atom. The molecule has 4 heteroatoms. The second-order valence-corrected chi connectivity index (χ2v) is 5.65. The Balaban J connectivity index is 2.08. The van der Waals surface area contributed by atoms with Crippen molar-refractivity contribution in [3.63, 3.8) is 0 Å². The van der Waals surface area contributed by atoms with Crippen molar-refractivity contribution in [2.75, 3.05) is 0 Å². The van der Waals surface area contributed by atoms with E-state index < -0.39 is 0 Å². The molecule has 1 heterocycles. The van der Waals surface area contributed by atoms with Crippen molar-refractivity contribution in [3.05, 3.63) is 35.7 Å². The summed E-state index contributed by atoms with van der Waals surface area (Å²) in [7, 11) is 0. The van der Waals surface area contributed by atoms with Crippen LogP contribution in [0, 0.1) is 6.92 Å². The molecule has 96 valence electrons. The van der Waals surface area contributed by atoms with Gasteiger partial charge in [0, 0.05) is 5.56 Å². The van der Waals surface area contributed by atoms with Gasteiger partial charge in [-0.15, -0.1) is 0 Å². The Kier molecular flexibility index (Phi) is 3.48. The van der Waals surface area contributed by atoms with E-state index in [1.807, 2.05) is 24.3 Å². The SMILES string of the molecule is Cc1ccc(-c2noc(C[NH2+]C(C)(C)C)n2)cc1. The third kappa shape index (κ3) is 3.40. The zero-order valence-electron chi connectivity index (χ0n) is 11.4. The molecule has 0 amide bonds. The summed E-state index contributed by atoms with van der Waals surface area (Å²) in [5, 5.41) is 6.19. The van der Waals surface area contributed by atoms with Gasteiger partial charge in [0.25, 0.3) is 5.89 Å². The second kappa shape index (κ2) is 4.90. The molecule has 18 heavy (non-hydrogen) atoms. The number of benzene rings is 1. The van der Waals surface area contributed by atoms with Gasteiger partial charge in [-0.1, -0.05) is 35.0 Å². The number of rotatable bonds is 3. The molecule has 2 aromatic rings. The smallest absolute Gasteiger partial charge is 0.282 e. The summed E-state index contributed by atoms with van der Waals surface area (Å²) in [6.07, 6.45) is 0. The number of aromatic nitrogens is 2. The van der Waals surface area contributed by atoms with Crippen LogP contribution in [0.3, 0.4) is 0 Å². The van der Waals surface area contributed by atoms with Gasteiger partial charge in [0.2, 0.25) is 5.82 Å². The second-order valence-electron chi connectivity index (χ2n) is 5.65. The minimum atomic E-state index is 0.165. The fraction of sp³-hybridized carbons (Fsp3) is 0.429. The topological polar surface area (TPSA) is 55.5 Å². The highest BCUT2D eigenvalue weighted by Crippen LogP contribution is 2.15. The van der Waals surface area contributed by atoms with Crippen molar-refractivity contribution >= 4 is 0 Å². The number of hydrogen-bond donors (Lipinski definition) is 1. The quantitative estimate of drug-likeness (QED) is 0.900. The van der Waals surface area contributed by atoms with Gasteiger partial charge in [0.05, 0.1) is 5.54 Å². The lowest BCUT2D eigenvalue weighted by Gasteiger charge is -2.14. The van der Waals surface area contributed by atoms with Gasteiger partial charge in [0.15, 0.2) is 6.54 Å². The Bertz CT molecular complexity index is 509. The summed E-state index contributed by atoms with van der Waals surface area (Å²) in [5.74, 6) is 1.33. The minimum absolute atomic E-state index is 0.165. The van der Waals surface area contributed by atoms with E-state index in [4.69, 9.17) is 4.52 Å². The molecule has 0 aliphatic rings. The molecule has 0 saturated carbocycles. The van der Waals surface area contributed by atoms with E-state index in [2.05, 4.69) is 43.2 Å². The molecule has 4 nitrogen and oxygen atoms in total. The van der Waals surface area contributed by atoms with Crippen LogP contribution in [0.15, 0.2) is 28.8 Å². The number of nitrogens with two attached hydrogens (primary N) is 1. The van der Waals surface area contributed by atoms with Crippen LogP contribution in [0.4, 0.5) is 0 Å². The fourth-order valence-corrected chi connectivity index (χ4v) is 1.55. The predicted molar refractivity (Wildman–Crippen MR) is 69.9 cm³/mol. The lowest BCUT2D eigenvalue weighted by Crippen LogP contribution is -2.93. The van der Waals surface area contributed by atoms with Crippen molar-refractivity contribution in [2.45, 2.75) is 39.8 Å². The Morgan fingerprint density at radius 2 is 1.83 bits per heavy atom. The summed E-state index contributed by atoms with van der Waals surface area (Å²) >= 11 is 0. The first-order valence-corrected chi connectivity index (χ1v) is 6.18. The summed E-state index contributed by atoms with van der Waals surface area (Å²) in [4.78, 5) is 4.40. The van der Waals surface area contributed by atoms with Gasteiger partial charge in [-0.25, -0.2) is 0 Å². The van der Waals surface area contributed by atoms with Gasteiger partial charge < -0.3 is 9.84 Å². The van der Waals surface area contributed by atoms with Gasteiger partial charge in [-0.05, 0) is 27.7 Å². The predicted octanol–water partition coefficient (Wildman–Crippen LogP) is 1.91. The average molecular weight is 246 g/mol. The summed E-state index contributed by atoms with van der Waals surface area (Å²) in [6, 6.07) is 8.12. The normalized spacial score (nSPS) is 11.8. The number of aryl methyl sites for hydroxylation is 1. The van der Waals surface area contributed by atoms with Crippen LogP contribution in [-0.2, 0) is 6.54 Å². The molecule has 0 aliphatic heterocycles. The maximum atomic E-state index is 5.25. The van der Waals surface area contributed by atoms with Gasteiger partial charge in [0.1, 0.15) is 0 Å². The van der Waals surface area contributed by atoms with Crippen LogP contribution in [0.2, 0.25) is 0 Å². The van der Waals surface area contributed by atoms with Crippen LogP contribution < -0.4 is 5.32 Å². The van der Waals surface area contributed by atoms with E-state index in [0.717, 1.165) is 5.56 Å². The number of quaternary nitrogens is 1. The van der Waals surface area contributed by atoms with Crippen molar-refractivity contribution in [1.29, 1.82) is 0 Å². The average Bonchev–Trinajstić information content (AvgIpc) is 2.75. The molecule has 0 bridgehead atoms. The standard InChI is InChI=1S/C14H19N3O/c1-10-5-7-11(8-6-10)13-16-12(18-17-13)9-15-14(2,3)4/h5-8,15H,9H2,1-4H3/p+1. The minimum Gasteiger partial charge on any atom is -0.334 e. The van der Waals surface area contributed by atoms with Crippen LogP contribution >= 0.6 is 0 Å². The molecule has 0 aliphatic carbocycles. The zero-order valence-corrected chi connectivity index (χ0v) is 11.4. The summed E-state index contributed by atoms with van der Waals surface area (Å²) < 4.78 is 5.25. The highest BCUT2D eigenvalue weighted by Gasteiger charge is 2.16. The van der Waals surface area contributed by atoms with Crippen LogP contribution in [0.25, 0.3) is 11.4 Å². The van der Waals surface area contributed by atoms with Crippen molar-refractivity contribution in [2.24, 2.45) is 0 Å². The van der Waals surface area contributed by atoms with E-state index in [-0.39, 0.29) is 5.54 Å². The highest BCUT2D eigenvalue weighted by molar-refractivity contribution is 5.54. The van der Waals surface area contributed by atoms with Crippen molar-refractivity contribution in [3.8, 4) is 11.4 Å². The number of nitrogens with zero attached hydrogens (tertiary/aromatic N) is 2. The maximum absolute atomic E-state index is 5.25. The van der Waals surface area contributed by atoms with E-state index in [0.29, 0.717) is 18.3 Å². The lowest BCUT2D eigenvalue weighted by molar-refractivity contribution is -0.733. The van der Waals surface area contributed by atoms with E-state index in [1.54, 1.807) is 0 Å². The molecule has 0 fully saturated rings. The van der Waals surface area contributed by atoms with E-state index >= 15 is 0 Å². The molecular weight excluding hydrogens is 226 g/mol. The van der Waals surface area contributed by atoms with Crippen molar-refractivity contribution < 1.29 is 9.84 Å². The molecule has 0 saturated heterocycles. The Morgan fingerprint density at radius 1 is 1.17 bits per heavy atom. The highest BCUT2D eigenvalue weighted by atomic mass is 16.5. The molecule has 2 rings (SSSR count). The Labute approximate surface area is 107 Å². The Hall–Kier alpha value is -1.68. The first kappa shape index (κ1) is 12.8. The molecule has 0 atom stereocenters. The third-order valence-corrected chi connectivity index (χ3v) is 2.67. The van der Waals surface area contributed by atoms with Gasteiger partial charge in [-0.2, -0.15) is 4.98 Å². The van der Waals surface area contributed by atoms with Crippen LogP contribution in [0.5, 0.6) is 0 Å². The molecule has 1 aromatic carbocycles. The third-order valence-electron chi connectivity index (χ3n) is 2.67. The number of hydrogen-bond acceptors (Lipinski definition) is 3. The molecule has 0 radical (unpaired) electrons. The summed E-state index contributed by atoms with van der Waals surface area (Å²) in [5.41, 5.74) is 2.38. The fourth-order valence-electron chi connectivity index (χ4n) is 1.55. The monoisotopic (exact) mass is 246 g/mol. The lowest BCUT2D eigenvalue weighted by atomic mass is 10.1. The first-order chi connectivity index (χ1) is 8.44. The van der Waals surface area contributed by atoms with Gasteiger partial charge >= 0.3 is 0 Å². The first-order valence-electron chi connectivity index (χ1n) is 6.18. The van der Waals surface area contributed by atoms with Crippen LogP contribution in [0.1, 0.15) is 32.2 Å². The van der Waals surface area contributed by atoms with Crippen LogP contribution in [-0.4, -0.2) is 15.7 Å². The van der Waals surface area contributed by atoms with E-state index in [1.165, 1.54) is 5.56 Å². The van der Waals surface area contributed by atoms with Crippen molar-refractivity contribution in [1.82, 2.24) is 10.1 Å². The molecule has 1 aromatic heterocycles. The largest absolute Gasteiger partial charge is 0.334 e. The maximum Gasteiger partial charge on any atom is 0.282 e. The molecule has 2 N–H and O–H groups in total. The van der Waals surface area contributed by atoms with E-state index in [9.17, 15) is 0 Å². The summed E-state index contributed by atoms with van der Waals surface area (Å²) in [6.45, 7) is 9.24. The molecule has 0 unspecified atom stereocenters. The molecule has 0 spiro atoms. The van der Waals surface area contributed by atoms with Gasteiger partial charge in [-0.3, -0.25) is 0 Å².